The van der Waals surface area contributed by atoms with Gasteiger partial charge in [0.15, 0.2) is 6.29 Å². The van der Waals surface area contributed by atoms with Crippen LogP contribution in [0.15, 0.2) is 0 Å². The van der Waals surface area contributed by atoms with Crippen LogP contribution >= 0.6 is 0 Å². The number of unbranched alkanes of at least 4 members (excludes halogenated alkanes) is 5. The van der Waals surface area contributed by atoms with Gasteiger partial charge in [0.05, 0.1) is 13.2 Å². The van der Waals surface area contributed by atoms with E-state index in [2.05, 4.69) is 6.92 Å². The molecular weight excluding hydrogens is 276 g/mol. The molecule has 21 heavy (non-hydrogen) atoms. The Bertz CT molecular complexity index is 263. The smallest absolute Gasteiger partial charge is 0.158 e. The molecule has 0 aromatic heterocycles. The van der Waals surface area contributed by atoms with E-state index < -0.39 is 37.3 Å². The van der Waals surface area contributed by atoms with Crippen molar-refractivity contribution < 1.29 is 29.9 Å². The van der Waals surface area contributed by atoms with Crippen LogP contribution in [-0.4, -0.2) is 64.3 Å². The average Bonchev–Trinajstić information content (AvgIpc) is 2.50. The predicted octanol–water partition coefficient (Wildman–Crippen LogP) is 0.553. The summed E-state index contributed by atoms with van der Waals surface area (Å²) in [6.07, 6.45) is 2.67. The van der Waals surface area contributed by atoms with Crippen LogP contribution in [0, 0.1) is 0 Å². The van der Waals surface area contributed by atoms with Crippen LogP contribution in [0.5, 0.6) is 0 Å². The van der Waals surface area contributed by atoms with E-state index in [9.17, 15) is 15.3 Å². The van der Waals surface area contributed by atoms with Crippen molar-refractivity contribution in [3.8, 4) is 0 Å². The van der Waals surface area contributed by atoms with E-state index in [-0.39, 0.29) is 6.61 Å². The molecule has 0 aliphatic carbocycles. The number of rotatable bonds is 10. The Hall–Kier alpha value is -0.240. The second kappa shape index (κ2) is 10.5. The minimum absolute atomic E-state index is 0.0698. The highest BCUT2D eigenvalue weighted by Gasteiger charge is 2.38. The Balaban J connectivity index is 2.27. The van der Waals surface area contributed by atoms with Crippen molar-refractivity contribution in [2.75, 3.05) is 13.2 Å². The van der Waals surface area contributed by atoms with E-state index in [1.54, 1.807) is 0 Å². The molecule has 1 rings (SSSR count). The molecular formula is C15H30O6. The summed E-state index contributed by atoms with van der Waals surface area (Å²) in [6.45, 7) is 1.68. The highest BCUT2D eigenvalue weighted by Crippen LogP contribution is 2.22. The Morgan fingerprint density at radius 2 is 1.76 bits per heavy atom. The molecule has 0 amide bonds. The molecule has 4 N–H and O–H groups in total. The van der Waals surface area contributed by atoms with E-state index in [1.165, 1.54) is 25.7 Å². The Morgan fingerprint density at radius 1 is 1.10 bits per heavy atom. The van der Waals surface area contributed by atoms with E-state index >= 15 is 0 Å². The standard InChI is InChI=1S/C15H30O6/c1-2-3-4-5-6-7-8-13-20-10-12(18)15(21-13)14(19)11(17)9-16/h11-19H,2-10H2,1H3. The van der Waals surface area contributed by atoms with E-state index in [0.717, 1.165) is 12.8 Å². The number of hydrogen-bond donors (Lipinski definition) is 4. The van der Waals surface area contributed by atoms with Gasteiger partial charge in [-0.1, -0.05) is 39.0 Å². The number of aliphatic hydroxyl groups excluding tert-OH is 4. The number of ether oxygens (including phenoxy) is 2. The largest absolute Gasteiger partial charge is 0.394 e. The molecule has 1 heterocycles. The summed E-state index contributed by atoms with van der Waals surface area (Å²) in [5.74, 6) is 0. The number of hydrogen-bond acceptors (Lipinski definition) is 6. The maximum atomic E-state index is 9.85. The SMILES string of the molecule is CCCCCCCCC1OCC(O)C(C(O)C(O)CO)O1. The fourth-order valence-corrected chi connectivity index (χ4v) is 2.48. The third-order valence-corrected chi connectivity index (χ3v) is 3.85. The van der Waals surface area contributed by atoms with Gasteiger partial charge in [-0.15, -0.1) is 0 Å². The third kappa shape index (κ3) is 6.59. The summed E-state index contributed by atoms with van der Waals surface area (Å²) < 4.78 is 10.9. The van der Waals surface area contributed by atoms with Crippen LogP contribution in [0.25, 0.3) is 0 Å². The van der Waals surface area contributed by atoms with Gasteiger partial charge in [0, 0.05) is 0 Å². The lowest BCUT2D eigenvalue weighted by Gasteiger charge is -2.37. The molecule has 1 aliphatic heterocycles. The lowest BCUT2D eigenvalue weighted by atomic mass is 10.0. The molecule has 0 radical (unpaired) electrons. The van der Waals surface area contributed by atoms with E-state index in [0.29, 0.717) is 6.42 Å². The molecule has 5 unspecified atom stereocenters. The molecule has 0 spiro atoms. The Morgan fingerprint density at radius 3 is 2.43 bits per heavy atom. The first kappa shape index (κ1) is 18.8. The zero-order valence-corrected chi connectivity index (χ0v) is 12.9. The van der Waals surface area contributed by atoms with Gasteiger partial charge < -0.3 is 29.9 Å². The fraction of sp³-hybridized carbons (Fsp3) is 1.00. The summed E-state index contributed by atoms with van der Waals surface area (Å²) in [5, 5.41) is 37.9. The quantitative estimate of drug-likeness (QED) is 0.440. The fourth-order valence-electron chi connectivity index (χ4n) is 2.48. The topological polar surface area (TPSA) is 99.4 Å². The first-order valence-corrected chi connectivity index (χ1v) is 8.02. The predicted molar refractivity (Wildman–Crippen MR) is 77.7 cm³/mol. The van der Waals surface area contributed by atoms with Gasteiger partial charge in [0.25, 0.3) is 0 Å². The lowest BCUT2D eigenvalue weighted by Crippen LogP contribution is -2.54. The monoisotopic (exact) mass is 306 g/mol. The van der Waals surface area contributed by atoms with Crippen LogP contribution in [-0.2, 0) is 9.47 Å². The van der Waals surface area contributed by atoms with Gasteiger partial charge >= 0.3 is 0 Å². The van der Waals surface area contributed by atoms with Crippen LogP contribution in [0.3, 0.4) is 0 Å². The highest BCUT2D eigenvalue weighted by atomic mass is 16.7. The molecule has 1 saturated heterocycles. The normalized spacial score (nSPS) is 29.3. The Labute approximate surface area is 126 Å². The summed E-state index contributed by atoms with van der Waals surface area (Å²) in [6, 6.07) is 0. The highest BCUT2D eigenvalue weighted by molar-refractivity contribution is 4.84. The molecule has 5 atom stereocenters. The molecule has 6 heteroatoms. The summed E-state index contributed by atoms with van der Waals surface area (Å²) >= 11 is 0. The van der Waals surface area contributed by atoms with Gasteiger partial charge in [-0.05, 0) is 12.8 Å². The maximum absolute atomic E-state index is 9.85. The zero-order valence-electron chi connectivity index (χ0n) is 12.9. The summed E-state index contributed by atoms with van der Waals surface area (Å²) in [4.78, 5) is 0. The zero-order chi connectivity index (χ0) is 15.7. The van der Waals surface area contributed by atoms with Crippen molar-refractivity contribution in [2.24, 2.45) is 0 Å². The molecule has 126 valence electrons. The van der Waals surface area contributed by atoms with Crippen molar-refractivity contribution in [2.45, 2.75) is 82.6 Å². The van der Waals surface area contributed by atoms with Crippen LogP contribution < -0.4 is 0 Å². The molecule has 6 nitrogen and oxygen atoms in total. The first-order valence-electron chi connectivity index (χ1n) is 8.02. The van der Waals surface area contributed by atoms with Crippen molar-refractivity contribution in [1.82, 2.24) is 0 Å². The second-order valence-electron chi connectivity index (χ2n) is 5.73. The molecule has 1 aliphatic rings. The molecule has 0 aromatic carbocycles. The lowest BCUT2D eigenvalue weighted by molar-refractivity contribution is -0.281. The van der Waals surface area contributed by atoms with Gasteiger partial charge in [0.2, 0.25) is 0 Å². The minimum Gasteiger partial charge on any atom is -0.394 e. The van der Waals surface area contributed by atoms with Gasteiger partial charge in [-0.25, -0.2) is 0 Å². The van der Waals surface area contributed by atoms with Crippen molar-refractivity contribution >= 4 is 0 Å². The van der Waals surface area contributed by atoms with Crippen LogP contribution in [0.1, 0.15) is 51.9 Å². The molecule has 0 saturated carbocycles. The van der Waals surface area contributed by atoms with Crippen molar-refractivity contribution in [3.63, 3.8) is 0 Å². The van der Waals surface area contributed by atoms with Gasteiger partial charge in [0.1, 0.15) is 24.4 Å². The average molecular weight is 306 g/mol. The second-order valence-corrected chi connectivity index (χ2v) is 5.73. The van der Waals surface area contributed by atoms with Gasteiger partial charge in [-0.2, -0.15) is 0 Å². The maximum Gasteiger partial charge on any atom is 0.158 e. The molecule has 1 fully saturated rings. The van der Waals surface area contributed by atoms with Crippen molar-refractivity contribution in [3.05, 3.63) is 0 Å². The molecule has 0 aromatic rings. The van der Waals surface area contributed by atoms with Crippen LogP contribution in [0.4, 0.5) is 0 Å². The molecule has 0 bridgehead atoms. The first-order chi connectivity index (χ1) is 10.1. The summed E-state index contributed by atoms with van der Waals surface area (Å²) in [7, 11) is 0. The minimum atomic E-state index is -1.32. The number of aliphatic hydroxyl groups is 4. The Kier molecular flexibility index (Phi) is 9.39. The van der Waals surface area contributed by atoms with Gasteiger partial charge in [-0.3, -0.25) is 0 Å². The summed E-state index contributed by atoms with van der Waals surface area (Å²) in [5.41, 5.74) is 0. The van der Waals surface area contributed by atoms with Crippen molar-refractivity contribution in [1.29, 1.82) is 0 Å². The van der Waals surface area contributed by atoms with Crippen LogP contribution in [0.2, 0.25) is 0 Å². The van der Waals surface area contributed by atoms with E-state index in [4.69, 9.17) is 14.6 Å². The third-order valence-electron chi connectivity index (χ3n) is 3.85. The van der Waals surface area contributed by atoms with E-state index in [1.807, 2.05) is 0 Å².